The Morgan fingerprint density at radius 3 is 2.43 bits per heavy atom. The maximum absolute atomic E-state index is 6.11. The molecule has 1 heterocycles. The molecule has 5 heteroatoms. The van der Waals surface area contributed by atoms with Gasteiger partial charge in [0.15, 0.2) is 5.82 Å². The molecule has 0 fully saturated rings. The minimum atomic E-state index is 0.482. The molecule has 0 saturated carbocycles. The van der Waals surface area contributed by atoms with E-state index in [0.29, 0.717) is 11.6 Å². The molecule has 0 atom stereocenters. The number of aryl methyl sites for hydroxylation is 2. The second kappa shape index (κ2) is 5.39. The molecule has 1 aromatic heterocycles. The van der Waals surface area contributed by atoms with Gasteiger partial charge in [-0.25, -0.2) is 9.97 Å². The summed E-state index contributed by atoms with van der Waals surface area (Å²) in [6.45, 7) is 4.17. The summed E-state index contributed by atoms with van der Waals surface area (Å²) >= 11 is 7.00. The minimum Gasteiger partial charge on any atom is -0.383 e. The second-order valence-electron chi connectivity index (χ2n) is 5.02. The van der Waals surface area contributed by atoms with Gasteiger partial charge in [-0.15, -0.1) is 0 Å². The van der Waals surface area contributed by atoms with E-state index in [9.17, 15) is 0 Å². The molecule has 2 N–H and O–H groups in total. The molecule has 2 aromatic carbocycles. The molecule has 0 spiro atoms. The molecule has 106 valence electrons. The molecule has 0 saturated heterocycles. The van der Waals surface area contributed by atoms with Crippen LogP contribution in [-0.2, 0) is 0 Å². The Labute approximate surface area is 139 Å². The van der Waals surface area contributed by atoms with E-state index in [4.69, 9.17) is 5.73 Å². The van der Waals surface area contributed by atoms with Crippen LogP contribution in [0.2, 0.25) is 0 Å². The number of fused-ring (bicyclic) bond motifs is 1. The summed E-state index contributed by atoms with van der Waals surface area (Å²) in [7, 11) is 0. The van der Waals surface area contributed by atoms with Crippen molar-refractivity contribution in [2.24, 2.45) is 0 Å². The molecule has 3 rings (SSSR count). The molecule has 0 unspecified atom stereocenters. The van der Waals surface area contributed by atoms with Gasteiger partial charge < -0.3 is 5.73 Å². The molecular weight excluding hydrogens is 394 g/mol. The van der Waals surface area contributed by atoms with Crippen molar-refractivity contribution >= 4 is 48.6 Å². The lowest BCUT2D eigenvalue weighted by Crippen LogP contribution is -1.99. The Morgan fingerprint density at radius 2 is 1.71 bits per heavy atom. The summed E-state index contributed by atoms with van der Waals surface area (Å²) in [5, 5.41) is 0.837. The molecule has 0 bridgehead atoms. The van der Waals surface area contributed by atoms with E-state index in [-0.39, 0.29) is 0 Å². The molecular formula is C16H13Br2N3. The highest BCUT2D eigenvalue weighted by molar-refractivity contribution is 9.11. The van der Waals surface area contributed by atoms with Crippen LogP contribution >= 0.6 is 31.9 Å². The highest BCUT2D eigenvalue weighted by Crippen LogP contribution is 2.31. The van der Waals surface area contributed by atoms with Crippen LogP contribution in [0.1, 0.15) is 11.1 Å². The van der Waals surface area contributed by atoms with Gasteiger partial charge in [0.25, 0.3) is 0 Å². The maximum Gasteiger partial charge on any atom is 0.162 e. The van der Waals surface area contributed by atoms with Crippen molar-refractivity contribution in [3.63, 3.8) is 0 Å². The van der Waals surface area contributed by atoms with Gasteiger partial charge in [0.1, 0.15) is 5.82 Å². The Bertz CT molecular complexity index is 860. The highest BCUT2D eigenvalue weighted by atomic mass is 79.9. The Morgan fingerprint density at radius 1 is 0.952 bits per heavy atom. The van der Waals surface area contributed by atoms with Crippen LogP contribution in [-0.4, -0.2) is 9.97 Å². The molecule has 0 aliphatic rings. The number of rotatable bonds is 1. The van der Waals surface area contributed by atoms with E-state index in [1.807, 2.05) is 18.2 Å². The molecule has 3 aromatic rings. The quantitative estimate of drug-likeness (QED) is 0.617. The van der Waals surface area contributed by atoms with Crippen molar-refractivity contribution in [2.45, 2.75) is 13.8 Å². The SMILES string of the molecule is Cc1ccc(-c2nc(N)c3cc(Br)cc(Br)c3n2)cc1C. The summed E-state index contributed by atoms with van der Waals surface area (Å²) in [6, 6.07) is 10.1. The molecule has 0 radical (unpaired) electrons. The zero-order valence-corrected chi connectivity index (χ0v) is 14.8. The zero-order chi connectivity index (χ0) is 15.1. The van der Waals surface area contributed by atoms with E-state index in [0.717, 1.165) is 25.4 Å². The minimum absolute atomic E-state index is 0.482. The van der Waals surface area contributed by atoms with E-state index in [1.54, 1.807) is 0 Å². The van der Waals surface area contributed by atoms with Gasteiger partial charge in [0, 0.05) is 19.9 Å². The Kier molecular flexibility index (Phi) is 3.71. The van der Waals surface area contributed by atoms with Crippen molar-refractivity contribution in [3.8, 4) is 11.4 Å². The molecule has 0 amide bonds. The van der Waals surface area contributed by atoms with Gasteiger partial charge >= 0.3 is 0 Å². The number of nitrogen functional groups attached to an aromatic ring is 1. The fourth-order valence-electron chi connectivity index (χ4n) is 2.19. The number of nitrogens with zero attached hydrogens (tertiary/aromatic N) is 2. The fourth-order valence-corrected chi connectivity index (χ4v) is 3.50. The van der Waals surface area contributed by atoms with Crippen molar-refractivity contribution in [1.29, 1.82) is 0 Å². The standard InChI is InChI=1S/C16H13Br2N3/c1-8-3-4-10(5-9(8)2)16-20-14-12(15(19)21-16)6-11(17)7-13(14)18/h3-7H,1-2H3,(H2,19,20,21). The van der Waals surface area contributed by atoms with Gasteiger partial charge in [0.2, 0.25) is 0 Å². The zero-order valence-electron chi connectivity index (χ0n) is 11.6. The third-order valence-corrected chi connectivity index (χ3v) is 4.58. The smallest absolute Gasteiger partial charge is 0.162 e. The highest BCUT2D eigenvalue weighted by Gasteiger charge is 2.11. The average Bonchev–Trinajstić information content (AvgIpc) is 2.43. The van der Waals surface area contributed by atoms with Gasteiger partial charge in [-0.1, -0.05) is 28.1 Å². The Hall–Kier alpha value is -1.46. The summed E-state index contributed by atoms with van der Waals surface area (Å²) < 4.78 is 1.84. The van der Waals surface area contributed by atoms with Crippen LogP contribution in [0.5, 0.6) is 0 Å². The predicted octanol–water partition coefficient (Wildman–Crippen LogP) is 5.02. The van der Waals surface area contributed by atoms with Gasteiger partial charge in [-0.2, -0.15) is 0 Å². The molecule has 21 heavy (non-hydrogen) atoms. The lowest BCUT2D eigenvalue weighted by atomic mass is 10.1. The lowest BCUT2D eigenvalue weighted by molar-refractivity contribution is 1.22. The summed E-state index contributed by atoms with van der Waals surface area (Å²) in [5.74, 6) is 1.13. The van der Waals surface area contributed by atoms with Crippen molar-refractivity contribution in [3.05, 3.63) is 50.4 Å². The van der Waals surface area contributed by atoms with E-state index < -0.39 is 0 Å². The first-order valence-corrected chi connectivity index (χ1v) is 8.04. The lowest BCUT2D eigenvalue weighted by Gasteiger charge is -2.09. The topological polar surface area (TPSA) is 51.8 Å². The van der Waals surface area contributed by atoms with Gasteiger partial charge in [-0.05, 0) is 59.1 Å². The molecule has 3 nitrogen and oxygen atoms in total. The number of aromatic nitrogens is 2. The van der Waals surface area contributed by atoms with E-state index >= 15 is 0 Å². The second-order valence-corrected chi connectivity index (χ2v) is 6.79. The first kappa shape index (κ1) is 14.5. The Balaban J connectivity index is 2.27. The van der Waals surface area contributed by atoms with Crippen LogP contribution in [0.15, 0.2) is 39.3 Å². The van der Waals surface area contributed by atoms with Crippen LogP contribution in [0.4, 0.5) is 5.82 Å². The number of benzene rings is 2. The number of halogens is 2. The first-order chi connectivity index (χ1) is 9.95. The van der Waals surface area contributed by atoms with Crippen LogP contribution in [0.3, 0.4) is 0 Å². The van der Waals surface area contributed by atoms with E-state index in [2.05, 4.69) is 67.8 Å². The van der Waals surface area contributed by atoms with Gasteiger partial charge in [-0.3, -0.25) is 0 Å². The van der Waals surface area contributed by atoms with Crippen molar-refractivity contribution < 1.29 is 0 Å². The average molecular weight is 407 g/mol. The normalized spacial score (nSPS) is 11.0. The van der Waals surface area contributed by atoms with Crippen molar-refractivity contribution in [2.75, 3.05) is 5.73 Å². The van der Waals surface area contributed by atoms with Crippen LogP contribution < -0.4 is 5.73 Å². The third kappa shape index (κ3) is 2.68. The number of anilines is 1. The molecule has 0 aliphatic heterocycles. The predicted molar refractivity (Wildman–Crippen MR) is 94.3 cm³/mol. The van der Waals surface area contributed by atoms with Crippen molar-refractivity contribution in [1.82, 2.24) is 9.97 Å². The number of hydrogen-bond donors (Lipinski definition) is 1. The maximum atomic E-state index is 6.11. The van der Waals surface area contributed by atoms with Crippen LogP contribution in [0.25, 0.3) is 22.3 Å². The summed E-state index contributed by atoms with van der Waals surface area (Å²) in [6.07, 6.45) is 0. The summed E-state index contributed by atoms with van der Waals surface area (Å²) in [4.78, 5) is 9.11. The largest absolute Gasteiger partial charge is 0.383 e. The molecule has 0 aliphatic carbocycles. The number of hydrogen-bond acceptors (Lipinski definition) is 3. The van der Waals surface area contributed by atoms with E-state index in [1.165, 1.54) is 11.1 Å². The third-order valence-electron chi connectivity index (χ3n) is 3.51. The van der Waals surface area contributed by atoms with Gasteiger partial charge in [0.05, 0.1) is 5.52 Å². The number of nitrogens with two attached hydrogens (primary N) is 1. The fraction of sp³-hybridized carbons (Fsp3) is 0.125. The monoisotopic (exact) mass is 405 g/mol. The summed E-state index contributed by atoms with van der Waals surface area (Å²) in [5.41, 5.74) is 10.4. The van der Waals surface area contributed by atoms with Crippen LogP contribution in [0, 0.1) is 13.8 Å². The first-order valence-electron chi connectivity index (χ1n) is 6.45.